The van der Waals surface area contributed by atoms with Crippen LogP contribution in [0, 0.1) is 0 Å². The molecule has 5 heteroatoms. The molecule has 0 aliphatic carbocycles. The van der Waals surface area contributed by atoms with Crippen molar-refractivity contribution in [3.63, 3.8) is 0 Å². The molecule has 1 heterocycles. The Labute approximate surface area is 81.2 Å². The van der Waals surface area contributed by atoms with Crippen molar-refractivity contribution in [3.05, 3.63) is 24.4 Å². The van der Waals surface area contributed by atoms with E-state index in [0.717, 1.165) is 10.9 Å². The minimum absolute atomic E-state index is 0.102. The summed E-state index contributed by atoms with van der Waals surface area (Å²) in [5.41, 5.74) is 0.982. The van der Waals surface area contributed by atoms with Crippen LogP contribution in [0.1, 0.15) is 0 Å². The summed E-state index contributed by atoms with van der Waals surface area (Å²) in [5.74, 6) is -0.102. The van der Waals surface area contributed by atoms with E-state index in [4.69, 9.17) is 10.0 Å². The van der Waals surface area contributed by atoms with Crippen LogP contribution in [0.4, 0.5) is 0 Å². The number of rotatable bonds is 1. The van der Waals surface area contributed by atoms with Crippen LogP contribution in [0.15, 0.2) is 24.4 Å². The van der Waals surface area contributed by atoms with E-state index in [9.17, 15) is 5.11 Å². The summed E-state index contributed by atoms with van der Waals surface area (Å²) in [4.78, 5) is 0. The Bertz CT molecular complexity index is 478. The first-order chi connectivity index (χ1) is 6.59. The maximum Gasteiger partial charge on any atom is 0.492 e. The third kappa shape index (κ3) is 1.27. The molecular formula is C9H10BNO3. The maximum atomic E-state index is 9.49. The van der Waals surface area contributed by atoms with E-state index in [1.807, 2.05) is 23.9 Å². The minimum atomic E-state index is -1.64. The van der Waals surface area contributed by atoms with Gasteiger partial charge >= 0.3 is 7.12 Å². The highest BCUT2D eigenvalue weighted by Gasteiger charge is 2.17. The molecule has 0 bridgehead atoms. The summed E-state index contributed by atoms with van der Waals surface area (Å²) >= 11 is 0. The maximum absolute atomic E-state index is 9.49. The van der Waals surface area contributed by atoms with Gasteiger partial charge in [0.1, 0.15) is 5.75 Å². The Balaban J connectivity index is 2.72. The Hall–Kier alpha value is -1.46. The van der Waals surface area contributed by atoms with Crippen LogP contribution >= 0.6 is 0 Å². The van der Waals surface area contributed by atoms with Gasteiger partial charge in [0, 0.05) is 24.8 Å². The molecule has 0 unspecified atom stereocenters. The number of nitrogens with zero attached hydrogens (tertiary/aromatic N) is 1. The van der Waals surface area contributed by atoms with Crippen LogP contribution in [0.3, 0.4) is 0 Å². The summed E-state index contributed by atoms with van der Waals surface area (Å²) in [6.07, 6.45) is 1.84. The van der Waals surface area contributed by atoms with Crippen molar-refractivity contribution in [2.45, 2.75) is 0 Å². The Morgan fingerprint density at radius 2 is 2.00 bits per heavy atom. The molecule has 0 aliphatic heterocycles. The second kappa shape index (κ2) is 3.04. The first kappa shape index (κ1) is 9.11. The molecule has 4 nitrogen and oxygen atoms in total. The molecular weight excluding hydrogens is 181 g/mol. The van der Waals surface area contributed by atoms with Gasteiger partial charge in [-0.3, -0.25) is 0 Å². The van der Waals surface area contributed by atoms with Gasteiger partial charge in [0.15, 0.2) is 0 Å². The largest absolute Gasteiger partial charge is 0.508 e. The third-order valence-electron chi connectivity index (χ3n) is 2.31. The van der Waals surface area contributed by atoms with Gasteiger partial charge < -0.3 is 19.7 Å². The lowest BCUT2D eigenvalue weighted by molar-refractivity contribution is 0.419. The molecule has 0 aliphatic rings. The smallest absolute Gasteiger partial charge is 0.492 e. The minimum Gasteiger partial charge on any atom is -0.508 e. The summed E-state index contributed by atoms with van der Waals surface area (Å²) < 4.78 is 1.85. The molecule has 2 aromatic rings. The van der Waals surface area contributed by atoms with Gasteiger partial charge in [-0.05, 0) is 17.5 Å². The molecule has 14 heavy (non-hydrogen) atoms. The summed E-state index contributed by atoms with van der Waals surface area (Å²) in [6.45, 7) is 0. The lowest BCUT2D eigenvalue weighted by Crippen LogP contribution is -2.29. The topological polar surface area (TPSA) is 65.6 Å². The highest BCUT2D eigenvalue weighted by Crippen LogP contribution is 2.18. The van der Waals surface area contributed by atoms with Gasteiger partial charge in [0.05, 0.1) is 5.52 Å². The highest BCUT2D eigenvalue weighted by molar-refractivity contribution is 6.60. The monoisotopic (exact) mass is 191 g/mol. The second-order valence-electron chi connectivity index (χ2n) is 3.27. The van der Waals surface area contributed by atoms with Gasteiger partial charge in [-0.15, -0.1) is 0 Å². The van der Waals surface area contributed by atoms with Crippen LogP contribution in [0.25, 0.3) is 10.9 Å². The number of aromatic hydroxyl groups is 1. The number of benzene rings is 1. The van der Waals surface area contributed by atoms with Crippen molar-refractivity contribution in [3.8, 4) is 5.75 Å². The van der Waals surface area contributed by atoms with Crippen LogP contribution < -0.4 is 5.46 Å². The van der Waals surface area contributed by atoms with E-state index in [1.165, 1.54) is 6.07 Å². The number of phenolic OH excluding ortho intramolecular Hbond substituents is 1. The van der Waals surface area contributed by atoms with Crippen LogP contribution in [0.5, 0.6) is 5.75 Å². The molecule has 0 spiro atoms. The molecule has 1 aromatic carbocycles. The number of phenols is 1. The van der Waals surface area contributed by atoms with Gasteiger partial charge in [-0.1, -0.05) is 0 Å². The van der Waals surface area contributed by atoms with Crippen molar-refractivity contribution < 1.29 is 15.2 Å². The van der Waals surface area contributed by atoms with E-state index >= 15 is 0 Å². The normalized spacial score (nSPS) is 10.8. The fourth-order valence-corrected chi connectivity index (χ4v) is 1.53. The highest BCUT2D eigenvalue weighted by atomic mass is 16.4. The zero-order chi connectivity index (χ0) is 10.3. The van der Waals surface area contributed by atoms with E-state index in [0.29, 0.717) is 0 Å². The molecule has 1 aromatic heterocycles. The predicted octanol–water partition coefficient (Wildman–Crippen LogP) is -0.436. The molecule has 0 fully saturated rings. The molecule has 0 atom stereocenters. The van der Waals surface area contributed by atoms with Crippen molar-refractivity contribution in [2.24, 2.45) is 7.05 Å². The fraction of sp³-hybridized carbons (Fsp3) is 0.111. The quantitative estimate of drug-likeness (QED) is 0.535. The van der Waals surface area contributed by atoms with Gasteiger partial charge in [-0.25, -0.2) is 0 Å². The van der Waals surface area contributed by atoms with Gasteiger partial charge in [-0.2, -0.15) is 0 Å². The average Bonchev–Trinajstić information content (AvgIpc) is 2.46. The standard InChI is InChI=1S/C9H10BNO3/c1-11-3-2-6-4-7(10(13)14)9(12)5-8(6)11/h2-5,12-14H,1H3. The van der Waals surface area contributed by atoms with E-state index in [2.05, 4.69) is 0 Å². The second-order valence-corrected chi connectivity index (χ2v) is 3.27. The molecule has 3 N–H and O–H groups in total. The molecule has 0 radical (unpaired) electrons. The number of hydrogen-bond donors (Lipinski definition) is 3. The molecule has 0 amide bonds. The molecule has 0 saturated heterocycles. The van der Waals surface area contributed by atoms with Crippen molar-refractivity contribution in [1.82, 2.24) is 4.57 Å². The average molecular weight is 191 g/mol. The Morgan fingerprint density at radius 1 is 1.29 bits per heavy atom. The summed E-state index contributed by atoms with van der Waals surface area (Å²) in [5, 5.41) is 28.3. The summed E-state index contributed by atoms with van der Waals surface area (Å²) in [6, 6.07) is 4.93. The van der Waals surface area contributed by atoms with Crippen molar-refractivity contribution >= 4 is 23.5 Å². The van der Waals surface area contributed by atoms with E-state index in [1.54, 1.807) is 6.07 Å². The lowest BCUT2D eigenvalue weighted by atomic mass is 9.79. The molecule has 72 valence electrons. The van der Waals surface area contributed by atoms with Crippen LogP contribution in [-0.2, 0) is 7.05 Å². The van der Waals surface area contributed by atoms with Crippen LogP contribution in [-0.4, -0.2) is 26.8 Å². The van der Waals surface area contributed by atoms with Crippen molar-refractivity contribution in [2.75, 3.05) is 0 Å². The Morgan fingerprint density at radius 3 is 2.64 bits per heavy atom. The number of hydrogen-bond acceptors (Lipinski definition) is 3. The summed E-state index contributed by atoms with van der Waals surface area (Å²) in [7, 11) is 0.219. The van der Waals surface area contributed by atoms with Crippen molar-refractivity contribution in [1.29, 1.82) is 0 Å². The Kier molecular flexibility index (Phi) is 1.98. The zero-order valence-electron chi connectivity index (χ0n) is 7.68. The third-order valence-corrected chi connectivity index (χ3v) is 2.31. The molecule has 2 rings (SSSR count). The van der Waals surface area contributed by atoms with Gasteiger partial charge in [0.2, 0.25) is 0 Å². The van der Waals surface area contributed by atoms with Gasteiger partial charge in [0.25, 0.3) is 0 Å². The zero-order valence-corrected chi connectivity index (χ0v) is 7.68. The predicted molar refractivity (Wildman–Crippen MR) is 54.4 cm³/mol. The fourth-order valence-electron chi connectivity index (χ4n) is 1.53. The van der Waals surface area contributed by atoms with E-state index in [-0.39, 0.29) is 11.2 Å². The number of fused-ring (bicyclic) bond motifs is 1. The molecule has 0 saturated carbocycles. The number of aromatic nitrogens is 1. The van der Waals surface area contributed by atoms with Crippen LogP contribution in [0.2, 0.25) is 0 Å². The first-order valence-corrected chi connectivity index (χ1v) is 4.23. The lowest BCUT2D eigenvalue weighted by Gasteiger charge is -2.04. The number of aryl methyl sites for hydroxylation is 1. The first-order valence-electron chi connectivity index (χ1n) is 4.23. The SMILES string of the molecule is Cn1ccc2cc(B(O)O)c(O)cc21. The van der Waals surface area contributed by atoms with E-state index < -0.39 is 7.12 Å².